The van der Waals surface area contributed by atoms with E-state index in [1.54, 1.807) is 6.07 Å². The van der Waals surface area contributed by atoms with Crippen LogP contribution in [0.1, 0.15) is 35.7 Å². The minimum Gasteiger partial charge on any atom is -0.295 e. The Hall–Kier alpha value is -1.16. The number of carbonyl (C=O) groups excluding carboxylic acids is 1. The van der Waals surface area contributed by atoms with Crippen molar-refractivity contribution in [3.05, 3.63) is 35.4 Å². The Morgan fingerprint density at radius 1 is 1.29 bits per heavy atom. The monoisotopic (exact) mass is 252 g/mol. The molecule has 0 N–H and O–H groups in total. The summed E-state index contributed by atoms with van der Waals surface area (Å²) in [6.07, 6.45) is 2.96. The molecule has 0 aromatic heterocycles. The summed E-state index contributed by atoms with van der Waals surface area (Å²) in [5.41, 5.74) is 1.25. The second-order valence-corrected chi connectivity index (χ2v) is 7.09. The number of ketones is 1. The molecule has 0 atom stereocenters. The van der Waals surface area contributed by atoms with Gasteiger partial charge in [0.25, 0.3) is 0 Å². The van der Waals surface area contributed by atoms with E-state index in [2.05, 4.69) is 0 Å². The van der Waals surface area contributed by atoms with Crippen molar-refractivity contribution in [2.24, 2.45) is 0 Å². The van der Waals surface area contributed by atoms with E-state index >= 15 is 0 Å². The largest absolute Gasteiger partial charge is 0.295 e. The quantitative estimate of drug-likeness (QED) is 0.770. The van der Waals surface area contributed by atoms with Crippen molar-refractivity contribution in [1.29, 1.82) is 0 Å². The molecule has 17 heavy (non-hydrogen) atoms. The molecular weight excluding hydrogens is 236 g/mol. The first kappa shape index (κ1) is 12.3. The van der Waals surface area contributed by atoms with Crippen LogP contribution in [0.4, 0.5) is 0 Å². The fraction of sp³-hybridized carbons (Fsp3) is 0.462. The van der Waals surface area contributed by atoms with Gasteiger partial charge in [0.1, 0.15) is 9.84 Å². The maximum Gasteiger partial charge on any atom is 0.160 e. The lowest BCUT2D eigenvalue weighted by atomic mass is 9.91. The van der Waals surface area contributed by atoms with Crippen molar-refractivity contribution in [2.45, 2.75) is 25.2 Å². The molecule has 0 saturated heterocycles. The molecule has 1 aromatic rings. The third kappa shape index (κ3) is 2.57. The summed E-state index contributed by atoms with van der Waals surface area (Å²) < 4.78 is 22.9. The third-order valence-corrected chi connectivity index (χ3v) is 4.35. The molecule has 2 rings (SSSR count). The molecule has 1 aliphatic carbocycles. The molecule has 1 saturated carbocycles. The smallest absolute Gasteiger partial charge is 0.160 e. The predicted octanol–water partition coefficient (Wildman–Crippen LogP) is 1.97. The van der Waals surface area contributed by atoms with Gasteiger partial charge in [-0.3, -0.25) is 4.79 Å². The van der Waals surface area contributed by atoms with E-state index in [4.69, 9.17) is 0 Å². The summed E-state index contributed by atoms with van der Waals surface area (Å²) in [4.78, 5) is 11.6. The number of hydrogen-bond donors (Lipinski definition) is 0. The highest BCUT2D eigenvalue weighted by molar-refractivity contribution is 7.90. The minimum absolute atomic E-state index is 0.000348. The van der Waals surface area contributed by atoms with Crippen LogP contribution in [-0.4, -0.2) is 26.2 Å². The molecule has 0 unspecified atom stereocenters. The summed E-state index contributed by atoms with van der Waals surface area (Å²) in [6, 6.07) is 7.34. The van der Waals surface area contributed by atoms with E-state index < -0.39 is 9.84 Å². The van der Waals surface area contributed by atoms with Crippen LogP contribution in [-0.2, 0) is 15.3 Å². The first-order valence-electron chi connectivity index (χ1n) is 5.62. The number of hydrogen-bond acceptors (Lipinski definition) is 3. The summed E-state index contributed by atoms with van der Waals surface area (Å²) in [5.74, 6) is 0.143. The van der Waals surface area contributed by atoms with Gasteiger partial charge in [-0.15, -0.1) is 0 Å². The highest BCUT2D eigenvalue weighted by Gasteiger charge is 2.48. The van der Waals surface area contributed by atoms with Crippen LogP contribution in [0.25, 0.3) is 0 Å². The number of rotatable bonds is 4. The Morgan fingerprint density at radius 3 is 2.35 bits per heavy atom. The van der Waals surface area contributed by atoms with Crippen molar-refractivity contribution >= 4 is 15.6 Å². The summed E-state index contributed by atoms with van der Waals surface area (Å²) in [7, 11) is -3.02. The van der Waals surface area contributed by atoms with Gasteiger partial charge in [0.2, 0.25) is 0 Å². The van der Waals surface area contributed by atoms with Gasteiger partial charge < -0.3 is 0 Å². The van der Waals surface area contributed by atoms with Gasteiger partial charge in [-0.2, -0.15) is 0 Å². The van der Waals surface area contributed by atoms with Crippen molar-refractivity contribution in [2.75, 3.05) is 12.0 Å². The van der Waals surface area contributed by atoms with E-state index in [1.807, 2.05) is 18.2 Å². The number of carbonyl (C=O) groups is 1. The van der Waals surface area contributed by atoms with Gasteiger partial charge >= 0.3 is 0 Å². The molecule has 0 aliphatic heterocycles. The van der Waals surface area contributed by atoms with Crippen molar-refractivity contribution in [3.63, 3.8) is 0 Å². The fourth-order valence-corrected chi connectivity index (χ4v) is 3.84. The van der Waals surface area contributed by atoms with E-state index in [1.165, 1.54) is 13.2 Å². The lowest BCUT2D eigenvalue weighted by Gasteiger charge is -2.17. The predicted molar refractivity (Wildman–Crippen MR) is 67.1 cm³/mol. The zero-order valence-corrected chi connectivity index (χ0v) is 10.9. The summed E-state index contributed by atoms with van der Waals surface area (Å²) in [6.45, 7) is 1.52. The second-order valence-electron chi connectivity index (χ2n) is 4.95. The van der Waals surface area contributed by atoms with Gasteiger partial charge in [0.05, 0.1) is 5.75 Å². The van der Waals surface area contributed by atoms with Crippen LogP contribution in [0, 0.1) is 0 Å². The standard InChI is InChI=1S/C13H16O3S/c1-10(14)11-5-3-4-6-12(11)13(7-8-13)9-17(2,15)16/h3-6H,7-9H2,1-2H3. The van der Waals surface area contributed by atoms with Crippen LogP contribution in [0.3, 0.4) is 0 Å². The van der Waals surface area contributed by atoms with Crippen LogP contribution < -0.4 is 0 Å². The number of benzene rings is 1. The van der Waals surface area contributed by atoms with E-state index in [0.29, 0.717) is 5.56 Å². The molecule has 0 amide bonds. The summed E-state index contributed by atoms with van der Waals surface area (Å²) in [5, 5.41) is 0. The zero-order chi connectivity index (χ0) is 12.7. The molecule has 0 heterocycles. The van der Waals surface area contributed by atoms with Crippen LogP contribution in [0.2, 0.25) is 0 Å². The lowest BCUT2D eigenvalue weighted by Crippen LogP contribution is -2.22. The van der Waals surface area contributed by atoms with Gasteiger partial charge in [-0.05, 0) is 25.3 Å². The molecule has 4 heteroatoms. The maximum atomic E-state index is 11.6. The molecule has 0 spiro atoms. The molecule has 3 nitrogen and oxygen atoms in total. The normalized spacial score (nSPS) is 17.8. The molecule has 1 aliphatic rings. The zero-order valence-electron chi connectivity index (χ0n) is 10.1. The first-order chi connectivity index (χ1) is 7.84. The lowest BCUT2D eigenvalue weighted by molar-refractivity contribution is 0.101. The average molecular weight is 252 g/mol. The third-order valence-electron chi connectivity index (χ3n) is 3.27. The van der Waals surface area contributed by atoms with Gasteiger partial charge in [-0.25, -0.2) is 8.42 Å². The van der Waals surface area contributed by atoms with Crippen LogP contribution in [0.5, 0.6) is 0 Å². The van der Waals surface area contributed by atoms with Gasteiger partial charge in [0.15, 0.2) is 5.78 Å². The van der Waals surface area contributed by atoms with Gasteiger partial charge in [0, 0.05) is 17.2 Å². The highest BCUT2D eigenvalue weighted by Crippen LogP contribution is 2.50. The Bertz CT molecular complexity index is 554. The van der Waals surface area contributed by atoms with Gasteiger partial charge in [-0.1, -0.05) is 24.3 Å². The highest BCUT2D eigenvalue weighted by atomic mass is 32.2. The fourth-order valence-electron chi connectivity index (χ4n) is 2.40. The Morgan fingerprint density at radius 2 is 1.88 bits per heavy atom. The maximum absolute atomic E-state index is 11.6. The van der Waals surface area contributed by atoms with Crippen molar-refractivity contribution in [3.8, 4) is 0 Å². The second kappa shape index (κ2) is 3.95. The number of sulfone groups is 1. The van der Waals surface area contributed by atoms with Crippen molar-refractivity contribution < 1.29 is 13.2 Å². The van der Waals surface area contributed by atoms with E-state index in [9.17, 15) is 13.2 Å². The summed E-state index contributed by atoms with van der Waals surface area (Å²) >= 11 is 0. The molecule has 92 valence electrons. The van der Waals surface area contributed by atoms with Crippen LogP contribution in [0.15, 0.2) is 24.3 Å². The molecule has 1 fully saturated rings. The molecular formula is C13H16O3S. The molecule has 0 radical (unpaired) electrons. The number of Topliss-reactive ketones (excluding diaryl/α,β-unsaturated/α-hetero) is 1. The minimum atomic E-state index is -3.02. The van der Waals surface area contributed by atoms with E-state index in [-0.39, 0.29) is 17.0 Å². The van der Waals surface area contributed by atoms with Crippen LogP contribution >= 0.6 is 0 Å². The van der Waals surface area contributed by atoms with E-state index in [0.717, 1.165) is 18.4 Å². The molecule has 1 aromatic carbocycles. The SMILES string of the molecule is CC(=O)c1ccccc1C1(CS(C)(=O)=O)CC1. The Balaban J connectivity index is 2.44. The Kier molecular flexibility index (Phi) is 2.86. The topological polar surface area (TPSA) is 51.2 Å². The first-order valence-corrected chi connectivity index (χ1v) is 7.68. The molecule has 0 bridgehead atoms. The average Bonchev–Trinajstić information content (AvgIpc) is 2.96. The Labute approximate surface area is 102 Å². The van der Waals surface area contributed by atoms with Crippen molar-refractivity contribution in [1.82, 2.24) is 0 Å².